The van der Waals surface area contributed by atoms with E-state index in [0.29, 0.717) is 107 Å². The molecule has 5 aliphatic rings. The van der Waals surface area contributed by atoms with Crippen LogP contribution in [-0.2, 0) is 103 Å². The molecule has 7 rings (SSSR count). The third kappa shape index (κ3) is 43.2. The van der Waals surface area contributed by atoms with Gasteiger partial charge in [-0.1, -0.05) is 59.9 Å². The zero-order chi connectivity index (χ0) is 98.4. The maximum atomic E-state index is 14.3. The second-order valence-electron chi connectivity index (χ2n) is 39.8. The van der Waals surface area contributed by atoms with Crippen LogP contribution >= 0.6 is 0 Å². The van der Waals surface area contributed by atoms with Crippen molar-refractivity contribution >= 4 is 35.5 Å². The highest BCUT2D eigenvalue weighted by molar-refractivity contribution is 6.35. The van der Waals surface area contributed by atoms with Crippen molar-refractivity contribution in [2.24, 2.45) is 63.9 Å². The van der Waals surface area contributed by atoms with E-state index in [-0.39, 0.29) is 75.3 Å². The Kier molecular flexibility index (Phi) is 56.4. The SMILES string of the molecule is Cc1cc(F)ccc1[C@H]1CN(C(=O)C(=O)NCCOCCCCOCCCCOCCCCOCCCCOCCCCOCCCCOCCCCOCCCCOCCCCOCCCCOCCCOCCC(=O)N[C@@H](CC(=O)O[C@H]2CC[C@@]3(C)[C@@H](CC[C@@H]4[C@@H]3CC[C@]3(C)[C@@H]([C@H](C)CCCC(C)C)CC[C@@H]43)C2)C(N)=O)CC[C@@H]1C(=O)N(C)[C@@H](C)c1cc(C(F)(F)F)cc(C(F)(F)F)c1. The molecule has 24 nitrogen and oxygen atoms in total. The van der Waals surface area contributed by atoms with Gasteiger partial charge in [0.05, 0.1) is 36.8 Å². The average molecular weight is 1940 g/mol. The molecule has 0 spiro atoms. The first-order chi connectivity index (χ1) is 65.4. The molecule has 31 heteroatoms. The van der Waals surface area contributed by atoms with Crippen LogP contribution < -0.4 is 16.4 Å². The van der Waals surface area contributed by atoms with Gasteiger partial charge in [0.15, 0.2) is 0 Å². The number of ether oxygens (including phenoxy) is 13. The van der Waals surface area contributed by atoms with Crippen molar-refractivity contribution in [2.45, 2.75) is 316 Å². The first-order valence-electron chi connectivity index (χ1n) is 52.0. The summed E-state index contributed by atoms with van der Waals surface area (Å²) in [5.74, 6) is -0.911. The van der Waals surface area contributed by atoms with Crippen molar-refractivity contribution in [2.75, 3.05) is 185 Å². The predicted octanol–water partition coefficient (Wildman–Crippen LogP) is 19.6. The number of nitrogens with two attached hydrogens (primary N) is 1. The molecule has 0 bridgehead atoms. The molecule has 1 saturated heterocycles. The van der Waals surface area contributed by atoms with Crippen LogP contribution in [0, 0.1) is 70.9 Å². The van der Waals surface area contributed by atoms with Crippen molar-refractivity contribution in [1.29, 1.82) is 0 Å². The number of likely N-dealkylation sites (tertiary alicyclic amines) is 1. The molecule has 1 aliphatic heterocycles. The summed E-state index contributed by atoms with van der Waals surface area (Å²) < 4.78 is 172. The molecule has 4 saturated carbocycles. The zero-order valence-electron chi connectivity index (χ0n) is 83.8. The first-order valence-corrected chi connectivity index (χ1v) is 52.0. The van der Waals surface area contributed by atoms with E-state index in [9.17, 15) is 59.5 Å². The molecule has 4 aliphatic carbocycles. The van der Waals surface area contributed by atoms with Crippen LogP contribution in [0.4, 0.5) is 30.7 Å². The molecule has 2 aromatic rings. The number of alkyl halides is 6. The van der Waals surface area contributed by atoms with Crippen molar-refractivity contribution in [3.63, 3.8) is 0 Å². The number of carbonyl (C=O) groups is 6. The number of rotatable bonds is 74. The number of amides is 5. The lowest BCUT2D eigenvalue weighted by atomic mass is 9.44. The highest BCUT2D eigenvalue weighted by Crippen LogP contribution is 2.69. The van der Waals surface area contributed by atoms with Crippen LogP contribution in [0.25, 0.3) is 0 Å². The van der Waals surface area contributed by atoms with E-state index < -0.39 is 88.7 Å². The van der Waals surface area contributed by atoms with E-state index in [4.69, 9.17) is 67.3 Å². The number of nitrogens with zero attached hydrogens (tertiary/aromatic N) is 2. The topological polar surface area (TPSA) is 279 Å². The molecular formula is C105H172F7N5O19. The van der Waals surface area contributed by atoms with Crippen LogP contribution in [0.15, 0.2) is 36.4 Å². The normalized spacial score (nSPS) is 21.9. The fourth-order valence-corrected chi connectivity index (χ4v) is 21.1. The number of esters is 1. The molecule has 1 heterocycles. The number of piperidine rings is 1. The molecule has 780 valence electrons. The lowest BCUT2D eigenvalue weighted by Gasteiger charge is -2.61. The Balaban J connectivity index is 0.522. The number of primary amides is 1. The van der Waals surface area contributed by atoms with Gasteiger partial charge in [-0.2, -0.15) is 26.3 Å². The van der Waals surface area contributed by atoms with Gasteiger partial charge in [-0.15, -0.1) is 0 Å². The fourth-order valence-electron chi connectivity index (χ4n) is 21.1. The van der Waals surface area contributed by atoms with Crippen LogP contribution in [0.5, 0.6) is 0 Å². The monoisotopic (exact) mass is 1940 g/mol. The van der Waals surface area contributed by atoms with Crippen LogP contribution in [-0.4, -0.2) is 243 Å². The summed E-state index contributed by atoms with van der Waals surface area (Å²) in [6.07, 6.45) is 23.7. The Bertz CT molecular complexity index is 3630. The number of benzene rings is 2. The predicted molar refractivity (Wildman–Crippen MR) is 509 cm³/mol. The van der Waals surface area contributed by atoms with E-state index in [0.717, 1.165) is 267 Å². The summed E-state index contributed by atoms with van der Waals surface area (Å²) in [7, 11) is 1.28. The summed E-state index contributed by atoms with van der Waals surface area (Å²) in [5.41, 5.74) is 3.97. The van der Waals surface area contributed by atoms with Gasteiger partial charge in [-0.05, 0) is 312 Å². The largest absolute Gasteiger partial charge is 0.462 e. The van der Waals surface area contributed by atoms with Gasteiger partial charge in [-0.3, -0.25) is 28.8 Å². The van der Waals surface area contributed by atoms with Gasteiger partial charge in [0.2, 0.25) is 17.7 Å². The van der Waals surface area contributed by atoms with Crippen LogP contribution in [0.1, 0.15) is 312 Å². The second kappa shape index (κ2) is 65.5. The molecule has 5 fully saturated rings. The summed E-state index contributed by atoms with van der Waals surface area (Å²) in [4.78, 5) is 81.5. The molecule has 0 unspecified atom stereocenters. The van der Waals surface area contributed by atoms with Gasteiger partial charge in [0.1, 0.15) is 18.0 Å². The van der Waals surface area contributed by atoms with Crippen LogP contribution in [0.3, 0.4) is 0 Å². The Morgan fingerprint density at radius 2 is 0.926 bits per heavy atom. The first kappa shape index (κ1) is 117. The van der Waals surface area contributed by atoms with Gasteiger partial charge < -0.3 is 87.7 Å². The highest BCUT2D eigenvalue weighted by atomic mass is 19.4. The lowest BCUT2D eigenvalue weighted by molar-refractivity contribution is -0.163. The standard InChI is InChI=1S/C105H172F7N5O19/c1-78(2)31-29-32-79(3)92-37-38-93-90-35-33-83-75-87(39-43-102(83,6)94(90)40-44-103(92,93)7)136-97(119)76-95(98(113)120)115-96(118)42-69-134-68-30-67-133-65-26-25-63-131-61-22-21-59-129-57-18-17-55-127-53-14-13-51-125-49-10-9-47-124-48-11-12-50-126-52-15-16-54-128-56-19-20-58-130-60-23-24-62-132-64-27-28-66-135-70-45-114-99(121)101(123)117-46-41-89(91(77-117)88-36-34-86(106)71-80(88)4)100(122)116(8)81(5)82-72-84(104(107,108)109)74-85(73-82)105(110,111)112/h34,36,71-74,78-79,81,83,87,89-95H,9-33,35,37-70,75-77H2,1-8H3,(H2,113,120)(H,114,121)(H,115,118)/t79-,81+,83+,87+,89+,90+,91-,92-,93+,94+,95+,102+,103-/m1/s1. The number of hydrogen-bond donors (Lipinski definition) is 3. The lowest BCUT2D eigenvalue weighted by Crippen LogP contribution is -2.54. The molecule has 5 amide bonds. The third-order valence-electron chi connectivity index (χ3n) is 29.1. The Morgan fingerprint density at radius 1 is 0.500 bits per heavy atom. The Morgan fingerprint density at radius 3 is 1.36 bits per heavy atom. The molecule has 0 aromatic heterocycles. The summed E-state index contributed by atoms with van der Waals surface area (Å²) >= 11 is 0. The van der Waals surface area contributed by atoms with Gasteiger partial charge >= 0.3 is 30.1 Å². The molecule has 4 N–H and O–H groups in total. The van der Waals surface area contributed by atoms with Crippen LogP contribution in [0.2, 0.25) is 0 Å². The zero-order valence-corrected chi connectivity index (χ0v) is 83.8. The van der Waals surface area contributed by atoms with Crippen molar-refractivity contribution < 1.29 is 121 Å². The maximum Gasteiger partial charge on any atom is 0.416 e. The number of unbranched alkanes of at least 4 members (excludes halogenated alkanes) is 10. The minimum atomic E-state index is -5.09. The number of nitrogens with one attached hydrogen (secondary N) is 2. The number of carbonyl (C=O) groups excluding carboxylic acids is 6. The Hall–Kier alpha value is -5.71. The molecule has 13 atom stereocenters. The number of fused-ring (bicyclic) bond motifs is 5. The summed E-state index contributed by atoms with van der Waals surface area (Å²) in [6.45, 7) is 30.6. The van der Waals surface area contributed by atoms with E-state index in [2.05, 4.69) is 45.3 Å². The van der Waals surface area contributed by atoms with Crippen molar-refractivity contribution in [3.05, 3.63) is 70.0 Å². The van der Waals surface area contributed by atoms with E-state index >= 15 is 0 Å². The maximum absolute atomic E-state index is 14.3. The third-order valence-corrected chi connectivity index (χ3v) is 29.1. The molecule has 136 heavy (non-hydrogen) atoms. The Labute approximate surface area is 808 Å². The summed E-state index contributed by atoms with van der Waals surface area (Å²) in [6, 6.07) is 2.73. The number of halogens is 7. The smallest absolute Gasteiger partial charge is 0.416 e. The van der Waals surface area contributed by atoms with Crippen molar-refractivity contribution in [1.82, 2.24) is 20.4 Å². The van der Waals surface area contributed by atoms with Crippen molar-refractivity contribution in [3.8, 4) is 0 Å². The number of hydrogen-bond acceptors (Lipinski definition) is 19. The molecule has 0 radical (unpaired) electrons. The highest BCUT2D eigenvalue weighted by Gasteiger charge is 2.61. The molecule has 2 aromatic carbocycles. The minimum absolute atomic E-state index is 0.00462. The average Bonchev–Trinajstić information content (AvgIpc) is 1.43. The second-order valence-corrected chi connectivity index (χ2v) is 39.8. The summed E-state index contributed by atoms with van der Waals surface area (Å²) in [5, 5.41) is 5.21. The molecular weight excluding hydrogens is 1770 g/mol. The van der Waals surface area contributed by atoms with Gasteiger partial charge in [0, 0.05) is 190 Å². The van der Waals surface area contributed by atoms with E-state index in [1.807, 2.05) is 0 Å². The van der Waals surface area contributed by atoms with E-state index in [1.54, 1.807) is 6.92 Å². The van der Waals surface area contributed by atoms with E-state index in [1.165, 1.54) is 94.9 Å². The van der Waals surface area contributed by atoms with Gasteiger partial charge in [0.25, 0.3) is 0 Å². The quantitative estimate of drug-likeness (QED) is 0.0240. The fraction of sp³-hybridized carbons (Fsp3) is 0.829. The number of aryl methyl sites for hydroxylation is 1. The minimum Gasteiger partial charge on any atom is -0.462 e. The van der Waals surface area contributed by atoms with Gasteiger partial charge in [-0.25, -0.2) is 4.39 Å².